The fourth-order valence-corrected chi connectivity index (χ4v) is 2.44. The Kier molecular flexibility index (Phi) is 2.86. The van der Waals surface area contributed by atoms with E-state index in [9.17, 15) is 19.5 Å². The lowest BCUT2D eigenvalue weighted by molar-refractivity contribution is 0.0523. The molecule has 0 bridgehead atoms. The Labute approximate surface area is 119 Å². The zero-order valence-corrected chi connectivity index (χ0v) is 11.1. The number of benzene rings is 2. The molecule has 2 N–H and O–H groups in total. The fourth-order valence-electron chi connectivity index (χ4n) is 2.44. The molecule has 0 saturated carbocycles. The second-order valence-electron chi connectivity index (χ2n) is 4.55. The van der Waals surface area contributed by atoms with Gasteiger partial charge in [-0.15, -0.1) is 0 Å². The van der Waals surface area contributed by atoms with E-state index in [1.807, 2.05) is 0 Å². The third-order valence-electron chi connectivity index (χ3n) is 3.34. The van der Waals surface area contributed by atoms with Gasteiger partial charge in [0.15, 0.2) is 0 Å². The van der Waals surface area contributed by atoms with Crippen LogP contribution in [0.15, 0.2) is 24.3 Å². The van der Waals surface area contributed by atoms with Crippen LogP contribution >= 0.6 is 0 Å². The van der Waals surface area contributed by atoms with E-state index in [1.54, 1.807) is 25.1 Å². The van der Waals surface area contributed by atoms with Crippen LogP contribution in [0.5, 0.6) is 5.75 Å². The number of rotatable bonds is 2. The second kappa shape index (κ2) is 4.59. The standard InChI is InChI=1S/C15H11NO5/c1-2-21-15(20)10-6-9-11-7(12(10)17)4-3-5-8(11)13(18)16-14(9)19/h3-6,17H,2H2,1H3,(H,16,18,19). The van der Waals surface area contributed by atoms with Gasteiger partial charge in [-0.3, -0.25) is 14.9 Å². The summed E-state index contributed by atoms with van der Waals surface area (Å²) in [5.41, 5.74) is 0.356. The van der Waals surface area contributed by atoms with E-state index >= 15 is 0 Å². The molecule has 0 spiro atoms. The maximum atomic E-state index is 12.0. The Balaban J connectivity index is 2.38. The molecule has 1 aliphatic rings. The molecule has 0 fully saturated rings. The summed E-state index contributed by atoms with van der Waals surface area (Å²) in [4.78, 5) is 35.6. The lowest BCUT2D eigenvalue weighted by Crippen LogP contribution is -2.34. The van der Waals surface area contributed by atoms with Crippen molar-refractivity contribution in [3.8, 4) is 5.75 Å². The molecule has 6 heteroatoms. The van der Waals surface area contributed by atoms with Crippen LogP contribution in [0.1, 0.15) is 38.0 Å². The number of aromatic hydroxyl groups is 1. The zero-order chi connectivity index (χ0) is 15.1. The molecule has 106 valence electrons. The van der Waals surface area contributed by atoms with E-state index in [-0.39, 0.29) is 34.4 Å². The molecule has 0 unspecified atom stereocenters. The third-order valence-corrected chi connectivity index (χ3v) is 3.34. The van der Waals surface area contributed by atoms with Crippen molar-refractivity contribution < 1.29 is 24.2 Å². The Morgan fingerprint density at radius 3 is 2.67 bits per heavy atom. The maximum Gasteiger partial charge on any atom is 0.341 e. The van der Waals surface area contributed by atoms with Gasteiger partial charge in [0.25, 0.3) is 11.8 Å². The largest absolute Gasteiger partial charge is 0.506 e. The maximum absolute atomic E-state index is 12.0. The van der Waals surface area contributed by atoms with E-state index in [4.69, 9.17) is 4.74 Å². The molecule has 0 aliphatic carbocycles. The summed E-state index contributed by atoms with van der Waals surface area (Å²) in [6.07, 6.45) is 0. The number of carbonyl (C=O) groups is 3. The summed E-state index contributed by atoms with van der Waals surface area (Å²) < 4.78 is 4.86. The van der Waals surface area contributed by atoms with Gasteiger partial charge in [0, 0.05) is 21.9 Å². The summed E-state index contributed by atoms with van der Waals surface area (Å²) in [6, 6.07) is 5.93. The summed E-state index contributed by atoms with van der Waals surface area (Å²) in [5, 5.41) is 13.1. The topological polar surface area (TPSA) is 92.7 Å². The number of amides is 2. The van der Waals surface area contributed by atoms with Crippen LogP contribution in [0.2, 0.25) is 0 Å². The first kappa shape index (κ1) is 13.1. The first-order valence-electron chi connectivity index (χ1n) is 6.36. The Bertz CT molecular complexity index is 809. The van der Waals surface area contributed by atoms with Crippen molar-refractivity contribution in [2.45, 2.75) is 6.92 Å². The van der Waals surface area contributed by atoms with Gasteiger partial charge in [0.05, 0.1) is 6.61 Å². The highest BCUT2D eigenvalue weighted by atomic mass is 16.5. The van der Waals surface area contributed by atoms with Gasteiger partial charge in [-0.1, -0.05) is 12.1 Å². The molecular weight excluding hydrogens is 274 g/mol. The van der Waals surface area contributed by atoms with Gasteiger partial charge in [-0.2, -0.15) is 0 Å². The van der Waals surface area contributed by atoms with Crippen LogP contribution in [0, 0.1) is 0 Å². The molecule has 3 rings (SSSR count). The minimum absolute atomic E-state index is 0.0963. The Morgan fingerprint density at radius 2 is 1.95 bits per heavy atom. The van der Waals surface area contributed by atoms with Gasteiger partial charge in [-0.05, 0) is 19.1 Å². The van der Waals surface area contributed by atoms with Gasteiger partial charge >= 0.3 is 5.97 Å². The first-order valence-corrected chi connectivity index (χ1v) is 6.36. The molecule has 2 amide bonds. The van der Waals surface area contributed by atoms with Gasteiger partial charge in [-0.25, -0.2) is 4.79 Å². The number of hydrogen-bond acceptors (Lipinski definition) is 5. The van der Waals surface area contributed by atoms with Gasteiger partial charge < -0.3 is 9.84 Å². The monoisotopic (exact) mass is 285 g/mol. The predicted molar refractivity (Wildman–Crippen MR) is 73.4 cm³/mol. The lowest BCUT2D eigenvalue weighted by atomic mass is 9.92. The number of phenolic OH excluding ortho intramolecular Hbond substituents is 1. The normalized spacial score (nSPS) is 13.2. The van der Waals surface area contributed by atoms with E-state index in [0.29, 0.717) is 5.39 Å². The minimum Gasteiger partial charge on any atom is -0.506 e. The van der Waals surface area contributed by atoms with Crippen LogP contribution in [-0.4, -0.2) is 29.5 Å². The summed E-state index contributed by atoms with van der Waals surface area (Å²) >= 11 is 0. The Hall–Kier alpha value is -2.89. The quantitative estimate of drug-likeness (QED) is 0.646. The fraction of sp³-hybridized carbons (Fsp3) is 0.133. The molecule has 0 saturated heterocycles. The average molecular weight is 285 g/mol. The van der Waals surface area contributed by atoms with E-state index in [1.165, 1.54) is 6.07 Å². The highest BCUT2D eigenvalue weighted by Crippen LogP contribution is 2.35. The molecule has 0 atom stereocenters. The van der Waals surface area contributed by atoms with Crippen molar-refractivity contribution in [2.75, 3.05) is 6.61 Å². The van der Waals surface area contributed by atoms with Crippen LogP contribution in [-0.2, 0) is 4.74 Å². The highest BCUT2D eigenvalue weighted by Gasteiger charge is 2.29. The molecule has 2 aromatic carbocycles. The zero-order valence-electron chi connectivity index (χ0n) is 11.1. The lowest BCUT2D eigenvalue weighted by Gasteiger charge is -2.18. The SMILES string of the molecule is CCOC(=O)c1cc2c3c(cccc3c1O)C(=O)NC2=O. The van der Waals surface area contributed by atoms with Crippen molar-refractivity contribution in [3.05, 3.63) is 41.0 Å². The van der Waals surface area contributed by atoms with E-state index in [2.05, 4.69) is 5.32 Å². The van der Waals surface area contributed by atoms with Crippen LogP contribution < -0.4 is 5.32 Å². The molecule has 21 heavy (non-hydrogen) atoms. The highest BCUT2D eigenvalue weighted by molar-refractivity contribution is 6.27. The van der Waals surface area contributed by atoms with E-state index < -0.39 is 17.8 Å². The van der Waals surface area contributed by atoms with Crippen molar-refractivity contribution in [2.24, 2.45) is 0 Å². The Morgan fingerprint density at radius 1 is 1.24 bits per heavy atom. The number of ether oxygens (including phenoxy) is 1. The number of nitrogens with one attached hydrogen (secondary N) is 1. The summed E-state index contributed by atoms with van der Waals surface area (Å²) in [6.45, 7) is 1.79. The molecular formula is C15H11NO5. The van der Waals surface area contributed by atoms with Crippen LogP contribution in [0.3, 0.4) is 0 Å². The van der Waals surface area contributed by atoms with Gasteiger partial charge in [0.1, 0.15) is 11.3 Å². The van der Waals surface area contributed by atoms with Crippen LogP contribution in [0.4, 0.5) is 0 Å². The smallest absolute Gasteiger partial charge is 0.341 e. The third kappa shape index (κ3) is 1.84. The van der Waals surface area contributed by atoms with Crippen molar-refractivity contribution in [1.29, 1.82) is 0 Å². The van der Waals surface area contributed by atoms with E-state index in [0.717, 1.165) is 0 Å². The number of phenols is 1. The van der Waals surface area contributed by atoms with Crippen molar-refractivity contribution in [3.63, 3.8) is 0 Å². The predicted octanol–water partition coefficient (Wildman–Crippen LogP) is 1.61. The molecule has 0 radical (unpaired) electrons. The summed E-state index contributed by atoms with van der Waals surface area (Å²) in [5.74, 6) is -2.14. The molecule has 1 aliphatic heterocycles. The number of carbonyl (C=O) groups excluding carboxylic acids is 3. The molecule has 0 aromatic heterocycles. The average Bonchev–Trinajstić information content (AvgIpc) is 2.46. The van der Waals surface area contributed by atoms with Crippen molar-refractivity contribution in [1.82, 2.24) is 5.32 Å². The van der Waals surface area contributed by atoms with Crippen LogP contribution in [0.25, 0.3) is 10.8 Å². The number of esters is 1. The van der Waals surface area contributed by atoms with Gasteiger partial charge in [0.2, 0.25) is 0 Å². The number of hydrogen-bond donors (Lipinski definition) is 2. The number of imide groups is 1. The van der Waals surface area contributed by atoms with Crippen molar-refractivity contribution >= 4 is 28.6 Å². The first-order chi connectivity index (χ1) is 10.0. The second-order valence-corrected chi connectivity index (χ2v) is 4.55. The molecule has 2 aromatic rings. The molecule has 6 nitrogen and oxygen atoms in total. The molecule has 1 heterocycles. The summed E-state index contributed by atoms with van der Waals surface area (Å²) in [7, 11) is 0. The minimum atomic E-state index is -0.719.